The quantitative estimate of drug-likeness (QED) is 0.826. The Morgan fingerprint density at radius 2 is 2.26 bits per heavy atom. The molecule has 19 heavy (non-hydrogen) atoms. The second kappa shape index (κ2) is 5.36. The molecule has 1 unspecified atom stereocenters. The van der Waals surface area contributed by atoms with Gasteiger partial charge in [-0.05, 0) is 30.7 Å². The molecule has 1 heterocycles. The topological polar surface area (TPSA) is 92.9 Å². The van der Waals surface area contributed by atoms with Crippen LogP contribution in [0.25, 0.3) is 0 Å². The zero-order valence-corrected chi connectivity index (χ0v) is 11.6. The van der Waals surface area contributed by atoms with Crippen molar-refractivity contribution in [2.75, 3.05) is 30.3 Å². The number of ether oxygens (including phenoxy) is 1. The lowest BCUT2D eigenvalue weighted by atomic mass is 10.1. The maximum Gasteiger partial charge on any atom is 0.232 e. The molecule has 1 aliphatic rings. The van der Waals surface area contributed by atoms with Crippen molar-refractivity contribution in [1.82, 2.24) is 0 Å². The SMILES string of the molecule is CS(=O)(=O)N1CCOc2ccc(C(O)CCN)cc21. The van der Waals surface area contributed by atoms with E-state index in [1.54, 1.807) is 18.2 Å². The number of anilines is 1. The van der Waals surface area contributed by atoms with E-state index in [1.165, 1.54) is 4.31 Å². The van der Waals surface area contributed by atoms with Crippen LogP contribution in [0.5, 0.6) is 5.75 Å². The van der Waals surface area contributed by atoms with Gasteiger partial charge in [-0.2, -0.15) is 0 Å². The van der Waals surface area contributed by atoms with Crippen molar-refractivity contribution in [1.29, 1.82) is 0 Å². The zero-order valence-electron chi connectivity index (χ0n) is 10.7. The van der Waals surface area contributed by atoms with E-state index >= 15 is 0 Å². The maximum absolute atomic E-state index is 11.7. The molecule has 0 amide bonds. The molecule has 0 spiro atoms. The van der Waals surface area contributed by atoms with Crippen molar-refractivity contribution in [2.45, 2.75) is 12.5 Å². The molecule has 106 valence electrons. The molecule has 0 aliphatic carbocycles. The van der Waals surface area contributed by atoms with Crippen molar-refractivity contribution >= 4 is 15.7 Å². The predicted molar refractivity (Wildman–Crippen MR) is 72.8 cm³/mol. The molecule has 1 atom stereocenters. The molecule has 7 heteroatoms. The van der Waals surface area contributed by atoms with E-state index in [0.29, 0.717) is 36.6 Å². The molecule has 0 aromatic heterocycles. The van der Waals surface area contributed by atoms with Gasteiger partial charge in [0, 0.05) is 0 Å². The Kier molecular flexibility index (Phi) is 3.98. The van der Waals surface area contributed by atoms with Crippen LogP contribution < -0.4 is 14.8 Å². The standard InChI is InChI=1S/C12H18N2O4S/c1-19(16,17)14-6-7-18-12-3-2-9(8-10(12)14)11(15)4-5-13/h2-3,8,11,15H,4-7,13H2,1H3. The van der Waals surface area contributed by atoms with Crippen LogP contribution in [0.15, 0.2) is 18.2 Å². The second-order valence-corrected chi connectivity index (χ2v) is 6.41. The summed E-state index contributed by atoms with van der Waals surface area (Å²) in [6, 6.07) is 5.06. The number of rotatable bonds is 4. The number of sulfonamides is 1. The predicted octanol–water partition coefficient (Wildman–Crippen LogP) is 0.227. The maximum atomic E-state index is 11.7. The summed E-state index contributed by atoms with van der Waals surface area (Å²) in [7, 11) is -3.35. The second-order valence-electron chi connectivity index (χ2n) is 4.50. The molecule has 0 bridgehead atoms. The Labute approximate surface area is 112 Å². The molecular formula is C12H18N2O4S. The fraction of sp³-hybridized carbons (Fsp3) is 0.500. The van der Waals surface area contributed by atoms with Gasteiger partial charge in [0.05, 0.1) is 24.6 Å². The molecule has 6 nitrogen and oxygen atoms in total. The molecule has 0 saturated heterocycles. The van der Waals surface area contributed by atoms with Crippen LogP contribution in [0.2, 0.25) is 0 Å². The monoisotopic (exact) mass is 286 g/mol. The molecule has 2 rings (SSSR count). The van der Waals surface area contributed by atoms with Gasteiger partial charge in [-0.3, -0.25) is 4.31 Å². The van der Waals surface area contributed by atoms with E-state index in [-0.39, 0.29) is 6.54 Å². The van der Waals surface area contributed by atoms with Crippen molar-refractivity contribution in [2.24, 2.45) is 5.73 Å². The highest BCUT2D eigenvalue weighted by Gasteiger charge is 2.26. The van der Waals surface area contributed by atoms with Crippen molar-refractivity contribution in [3.63, 3.8) is 0 Å². The molecular weight excluding hydrogens is 268 g/mol. The molecule has 1 aromatic rings. The first-order valence-electron chi connectivity index (χ1n) is 6.06. The van der Waals surface area contributed by atoms with Gasteiger partial charge < -0.3 is 15.6 Å². The summed E-state index contributed by atoms with van der Waals surface area (Å²) in [5.74, 6) is 0.514. The van der Waals surface area contributed by atoms with Gasteiger partial charge in [-0.15, -0.1) is 0 Å². The zero-order chi connectivity index (χ0) is 14.0. The fourth-order valence-corrected chi connectivity index (χ4v) is 2.99. The van der Waals surface area contributed by atoms with Gasteiger partial charge in [0.2, 0.25) is 10.0 Å². The lowest BCUT2D eigenvalue weighted by molar-refractivity contribution is 0.170. The minimum Gasteiger partial charge on any atom is -0.489 e. The third kappa shape index (κ3) is 2.99. The Bertz CT molecular complexity index is 559. The van der Waals surface area contributed by atoms with Gasteiger partial charge in [0.15, 0.2) is 0 Å². The van der Waals surface area contributed by atoms with Gasteiger partial charge in [-0.25, -0.2) is 8.42 Å². The minimum absolute atomic E-state index is 0.280. The first-order valence-corrected chi connectivity index (χ1v) is 7.91. The number of nitrogens with zero attached hydrogens (tertiary/aromatic N) is 1. The summed E-state index contributed by atoms with van der Waals surface area (Å²) in [5.41, 5.74) is 6.53. The number of nitrogens with two attached hydrogens (primary N) is 1. The highest BCUT2D eigenvalue weighted by Crippen LogP contribution is 2.35. The average Bonchev–Trinajstić information content (AvgIpc) is 2.36. The summed E-state index contributed by atoms with van der Waals surface area (Å²) < 4.78 is 30.2. The van der Waals surface area contributed by atoms with E-state index in [0.717, 1.165) is 6.26 Å². The van der Waals surface area contributed by atoms with Crippen molar-refractivity contribution in [3.8, 4) is 5.75 Å². The van der Waals surface area contributed by atoms with Crippen LogP contribution in [0, 0.1) is 0 Å². The number of benzene rings is 1. The fourth-order valence-electron chi connectivity index (χ4n) is 2.09. The molecule has 1 aromatic carbocycles. The molecule has 1 aliphatic heterocycles. The van der Waals surface area contributed by atoms with E-state index < -0.39 is 16.1 Å². The van der Waals surface area contributed by atoms with Gasteiger partial charge >= 0.3 is 0 Å². The lowest BCUT2D eigenvalue weighted by Crippen LogP contribution is -2.37. The van der Waals surface area contributed by atoms with E-state index in [2.05, 4.69) is 0 Å². The van der Waals surface area contributed by atoms with Crippen LogP contribution in [-0.4, -0.2) is 39.5 Å². The average molecular weight is 286 g/mol. The summed E-state index contributed by atoms with van der Waals surface area (Å²) in [4.78, 5) is 0. The van der Waals surface area contributed by atoms with Crippen LogP contribution in [0.1, 0.15) is 18.1 Å². The highest BCUT2D eigenvalue weighted by atomic mass is 32.2. The first-order chi connectivity index (χ1) is 8.93. The van der Waals surface area contributed by atoms with Crippen LogP contribution in [-0.2, 0) is 10.0 Å². The first kappa shape index (κ1) is 14.1. The van der Waals surface area contributed by atoms with E-state index in [9.17, 15) is 13.5 Å². The summed E-state index contributed by atoms with van der Waals surface area (Å²) >= 11 is 0. The number of hydrogen-bond donors (Lipinski definition) is 2. The highest BCUT2D eigenvalue weighted by molar-refractivity contribution is 7.92. The molecule has 0 saturated carbocycles. The van der Waals surface area contributed by atoms with E-state index in [1.807, 2.05) is 0 Å². The normalized spacial score (nSPS) is 16.7. The largest absolute Gasteiger partial charge is 0.489 e. The van der Waals surface area contributed by atoms with Crippen LogP contribution in [0.3, 0.4) is 0 Å². The van der Waals surface area contributed by atoms with Gasteiger partial charge in [0.25, 0.3) is 0 Å². The molecule has 0 fully saturated rings. The van der Waals surface area contributed by atoms with Crippen LogP contribution >= 0.6 is 0 Å². The lowest BCUT2D eigenvalue weighted by Gasteiger charge is -2.30. The van der Waals surface area contributed by atoms with Crippen LogP contribution in [0.4, 0.5) is 5.69 Å². The molecule has 3 N–H and O–H groups in total. The smallest absolute Gasteiger partial charge is 0.232 e. The number of hydrogen-bond acceptors (Lipinski definition) is 5. The Hall–Kier alpha value is -1.31. The van der Waals surface area contributed by atoms with Crippen molar-refractivity contribution < 1.29 is 18.3 Å². The van der Waals surface area contributed by atoms with E-state index in [4.69, 9.17) is 10.5 Å². The Balaban J connectivity index is 2.41. The Morgan fingerprint density at radius 3 is 2.89 bits per heavy atom. The number of aliphatic hydroxyl groups excluding tert-OH is 1. The summed E-state index contributed by atoms with van der Waals surface area (Å²) in [6.45, 7) is 0.970. The number of aliphatic hydroxyl groups is 1. The summed E-state index contributed by atoms with van der Waals surface area (Å²) in [5, 5.41) is 9.92. The number of fused-ring (bicyclic) bond motifs is 1. The third-order valence-corrected chi connectivity index (χ3v) is 4.21. The third-order valence-electron chi connectivity index (χ3n) is 3.03. The minimum atomic E-state index is -3.35. The van der Waals surface area contributed by atoms with Gasteiger partial charge in [-0.1, -0.05) is 6.07 Å². The van der Waals surface area contributed by atoms with Crippen molar-refractivity contribution in [3.05, 3.63) is 23.8 Å². The van der Waals surface area contributed by atoms with Gasteiger partial charge in [0.1, 0.15) is 12.4 Å². The summed E-state index contributed by atoms with van der Waals surface area (Å²) in [6.07, 6.45) is 0.891. The molecule has 0 radical (unpaired) electrons. The Morgan fingerprint density at radius 1 is 1.53 bits per heavy atom.